The Balaban J connectivity index is 5.83. The molecule has 0 unspecified atom stereocenters. The van der Waals surface area contributed by atoms with E-state index in [0.717, 1.165) is 0 Å². The zero-order valence-electron chi connectivity index (χ0n) is 37.6. The molecule has 0 aromatic carbocycles. The molecule has 382 valence electrons. The van der Waals surface area contributed by atoms with Gasteiger partial charge in [-0.25, -0.2) is 0 Å². The van der Waals surface area contributed by atoms with Gasteiger partial charge in [-0.15, -0.1) is 0 Å². The van der Waals surface area contributed by atoms with Crippen LogP contribution in [0.3, 0.4) is 0 Å². The second-order valence-electron chi connectivity index (χ2n) is 15.2. The van der Waals surface area contributed by atoms with E-state index in [9.17, 15) is 53.1 Å². The van der Waals surface area contributed by atoms with Gasteiger partial charge in [0, 0.05) is 12.3 Å². The van der Waals surface area contributed by atoms with Gasteiger partial charge < -0.3 is 92.5 Å². The summed E-state index contributed by atoms with van der Waals surface area (Å²) in [7, 11) is 0. The summed E-state index contributed by atoms with van der Waals surface area (Å²) in [5.74, 6) is -10.3. The quantitative estimate of drug-likeness (QED) is 0.0119. The van der Waals surface area contributed by atoms with Crippen LogP contribution in [-0.4, -0.2) is 169 Å². The molecule has 24 N–H and O–H groups in total. The number of aliphatic hydroxyl groups excluding tert-OH is 1. The van der Waals surface area contributed by atoms with Gasteiger partial charge in [0.25, 0.3) is 0 Å². The van der Waals surface area contributed by atoms with E-state index in [2.05, 4.69) is 60.5 Å². The fraction of sp³-hybridized carbons (Fsp3) is 0.711. The van der Waals surface area contributed by atoms with Crippen LogP contribution in [0.15, 0.2) is 0 Å². The minimum atomic E-state index is -1.70. The van der Waals surface area contributed by atoms with Crippen molar-refractivity contribution in [1.29, 1.82) is 5.41 Å². The Morgan fingerprint density at radius 3 is 1.40 bits per heavy atom. The number of primary amides is 1. The lowest BCUT2D eigenvalue weighted by molar-refractivity contribution is -0.138. The second kappa shape index (κ2) is 35.3. The van der Waals surface area contributed by atoms with Gasteiger partial charge in [0.1, 0.15) is 42.8 Å². The zero-order valence-corrected chi connectivity index (χ0v) is 38.5. The average molecular weight is 977 g/mol. The van der Waals surface area contributed by atoms with Crippen molar-refractivity contribution in [3.05, 3.63) is 0 Å². The minimum absolute atomic E-state index is 0.0129. The fourth-order valence-corrected chi connectivity index (χ4v) is 6.21. The lowest BCUT2D eigenvalue weighted by atomic mass is 10.0. The van der Waals surface area contributed by atoms with Crippen molar-refractivity contribution in [3.63, 3.8) is 0 Å². The van der Waals surface area contributed by atoms with Gasteiger partial charge in [-0.2, -0.15) is 12.6 Å². The summed E-state index contributed by atoms with van der Waals surface area (Å²) >= 11 is 4.12. The normalized spacial score (nSPS) is 13.9. The van der Waals surface area contributed by atoms with Gasteiger partial charge in [0.2, 0.25) is 53.2 Å². The van der Waals surface area contributed by atoms with E-state index in [1.807, 2.05) is 0 Å². The standard InChI is InChI=1S/C38H72N16O12S/c39-12-4-1-8-21(42)31(60)50-23(9-2-5-13-40)35(64)53-25(16-28(43)56)33(62)47-17-29(57)49-26(19-55)36(65)54-27(20-67)37(66)52-24(10-3-6-14-41)34(63)51-22(11-7-15-46-38(44)45)32(61)48-18-30(58)59/h21-27,55,67H,1-20,39-42H2,(H2,43,56)(H,47,62)(H,48,61)(H,49,57)(H,50,60)(H,51,63)(H,52,66)(H,53,64)(H,54,65)(H,58,59)(H4,44,45,46)/t21-,22-,23-,24-,25-,26-,27-/m0/s1. The molecule has 0 bridgehead atoms. The smallest absolute Gasteiger partial charge is 0.322 e. The highest BCUT2D eigenvalue weighted by Gasteiger charge is 2.32. The molecule has 0 aromatic rings. The van der Waals surface area contributed by atoms with Gasteiger partial charge in [-0.3, -0.25) is 53.4 Å². The Kier molecular flexibility index (Phi) is 32.2. The molecular weight excluding hydrogens is 905 g/mol. The molecular formula is C38H72N16O12S. The van der Waals surface area contributed by atoms with Crippen molar-refractivity contribution in [2.24, 2.45) is 34.4 Å². The van der Waals surface area contributed by atoms with Crippen molar-refractivity contribution < 1.29 is 58.2 Å². The molecule has 0 aliphatic rings. The zero-order chi connectivity index (χ0) is 50.9. The van der Waals surface area contributed by atoms with E-state index in [-0.39, 0.29) is 50.5 Å². The van der Waals surface area contributed by atoms with Crippen molar-refractivity contribution in [2.45, 2.75) is 119 Å². The number of nitrogens with two attached hydrogens (primary N) is 6. The summed E-state index contributed by atoms with van der Waals surface area (Å²) in [5.41, 5.74) is 33.3. The number of carboxylic acid groups (broad SMARTS) is 1. The highest BCUT2D eigenvalue weighted by molar-refractivity contribution is 7.80. The fourth-order valence-electron chi connectivity index (χ4n) is 5.95. The average Bonchev–Trinajstić information content (AvgIpc) is 3.27. The molecule has 0 aliphatic carbocycles. The second-order valence-corrected chi connectivity index (χ2v) is 15.6. The first-order valence-corrected chi connectivity index (χ1v) is 22.4. The number of amides is 9. The molecule has 9 amide bonds. The lowest BCUT2D eigenvalue weighted by Crippen LogP contribution is -2.60. The highest BCUT2D eigenvalue weighted by atomic mass is 32.1. The Morgan fingerprint density at radius 2 is 0.925 bits per heavy atom. The predicted molar refractivity (Wildman–Crippen MR) is 246 cm³/mol. The number of nitrogens with one attached hydrogen (secondary N) is 10. The van der Waals surface area contributed by atoms with E-state index in [1.54, 1.807) is 0 Å². The summed E-state index contributed by atoms with van der Waals surface area (Å²) < 4.78 is 0. The van der Waals surface area contributed by atoms with E-state index in [4.69, 9.17) is 44.9 Å². The summed E-state index contributed by atoms with van der Waals surface area (Å²) in [6, 6.07) is -9.51. The number of carbonyl (C=O) groups excluding carboxylic acids is 9. The molecule has 28 nitrogen and oxygen atoms in total. The summed E-state index contributed by atoms with van der Waals surface area (Å²) in [4.78, 5) is 128. The van der Waals surface area contributed by atoms with Gasteiger partial charge in [-0.1, -0.05) is 6.42 Å². The van der Waals surface area contributed by atoms with E-state index in [1.165, 1.54) is 0 Å². The maximum atomic E-state index is 13.5. The third-order valence-corrected chi connectivity index (χ3v) is 9.97. The molecule has 67 heavy (non-hydrogen) atoms. The molecule has 0 spiro atoms. The van der Waals surface area contributed by atoms with E-state index in [0.29, 0.717) is 58.0 Å². The number of thiol groups is 1. The summed E-state index contributed by atoms with van der Waals surface area (Å²) in [6.45, 7) is -1.51. The van der Waals surface area contributed by atoms with Gasteiger partial charge in [0.15, 0.2) is 5.96 Å². The van der Waals surface area contributed by atoms with Crippen LogP contribution >= 0.6 is 12.6 Å². The van der Waals surface area contributed by atoms with Crippen LogP contribution in [0.5, 0.6) is 0 Å². The molecule has 0 saturated heterocycles. The number of carboxylic acids is 1. The molecule has 0 aromatic heterocycles. The number of aliphatic hydroxyl groups is 1. The van der Waals surface area contributed by atoms with Crippen molar-refractivity contribution in [3.8, 4) is 0 Å². The van der Waals surface area contributed by atoms with Crippen LogP contribution in [0.25, 0.3) is 0 Å². The highest BCUT2D eigenvalue weighted by Crippen LogP contribution is 2.07. The molecule has 0 saturated carbocycles. The van der Waals surface area contributed by atoms with Crippen LogP contribution in [0.2, 0.25) is 0 Å². The van der Waals surface area contributed by atoms with Gasteiger partial charge >= 0.3 is 5.97 Å². The first-order valence-electron chi connectivity index (χ1n) is 21.8. The molecule has 0 fully saturated rings. The van der Waals surface area contributed by atoms with Crippen molar-refractivity contribution >= 4 is 77.7 Å². The monoisotopic (exact) mass is 977 g/mol. The van der Waals surface area contributed by atoms with Crippen molar-refractivity contribution in [1.82, 2.24) is 47.9 Å². The molecule has 0 rings (SSSR count). The largest absolute Gasteiger partial charge is 0.480 e. The first-order chi connectivity index (χ1) is 31.7. The Labute approximate surface area is 393 Å². The molecule has 0 radical (unpaired) electrons. The Morgan fingerprint density at radius 1 is 0.507 bits per heavy atom. The molecule has 29 heteroatoms. The van der Waals surface area contributed by atoms with E-state index < -0.39 is 128 Å². The van der Waals surface area contributed by atoms with Crippen molar-refractivity contribution in [2.75, 3.05) is 51.6 Å². The lowest BCUT2D eigenvalue weighted by Gasteiger charge is -2.26. The number of unbranched alkanes of at least 4 members (excludes halogenated alkanes) is 3. The van der Waals surface area contributed by atoms with Crippen LogP contribution < -0.4 is 82.3 Å². The van der Waals surface area contributed by atoms with Crippen LogP contribution in [0.1, 0.15) is 77.0 Å². The maximum Gasteiger partial charge on any atom is 0.322 e. The minimum Gasteiger partial charge on any atom is -0.480 e. The third-order valence-electron chi connectivity index (χ3n) is 9.61. The Bertz CT molecular complexity index is 1650. The molecule has 7 atom stereocenters. The topological polar surface area (TPSA) is 499 Å². The van der Waals surface area contributed by atoms with Crippen LogP contribution in [0, 0.1) is 5.41 Å². The number of guanidine groups is 1. The predicted octanol–water partition coefficient (Wildman–Crippen LogP) is -8.01. The molecule has 0 heterocycles. The number of hydrogen-bond acceptors (Lipinski definition) is 17. The van der Waals surface area contributed by atoms with Crippen LogP contribution in [0.4, 0.5) is 0 Å². The summed E-state index contributed by atoms with van der Waals surface area (Å²) in [5, 5.41) is 47.6. The number of carbonyl (C=O) groups is 10. The number of aliphatic carboxylic acids is 1. The van der Waals surface area contributed by atoms with Gasteiger partial charge in [0.05, 0.1) is 25.6 Å². The number of hydrogen-bond donors (Lipinski definition) is 19. The Hall–Kier alpha value is -5.88. The first kappa shape index (κ1) is 61.1. The van der Waals surface area contributed by atoms with E-state index >= 15 is 0 Å². The van der Waals surface area contributed by atoms with Gasteiger partial charge in [-0.05, 0) is 83.8 Å². The van der Waals surface area contributed by atoms with Crippen LogP contribution in [-0.2, 0) is 47.9 Å². The third kappa shape index (κ3) is 27.4. The SMILES string of the molecule is N=C(N)NCCC[C@H](NC(=O)[C@H](CCCCN)NC(=O)[C@H](CS)NC(=O)[C@H](CO)NC(=O)CNC(=O)[C@H](CC(N)=O)NC(=O)[C@H](CCCCN)NC(=O)[C@@H](N)CCCCN)C(=O)NCC(=O)O. The maximum absolute atomic E-state index is 13.5. The molecule has 0 aliphatic heterocycles. The summed E-state index contributed by atoms with van der Waals surface area (Å²) in [6.07, 6.45) is 2.74. The number of rotatable bonds is 37.